The van der Waals surface area contributed by atoms with E-state index in [1.165, 1.54) is 25.9 Å². The summed E-state index contributed by atoms with van der Waals surface area (Å²) in [4.78, 5) is 6.89. The zero-order valence-corrected chi connectivity index (χ0v) is 17.5. The SMILES string of the molecule is C1CCNC1.COc1c2[nH]c3ccc(Cl)cc3c2cc2c1[nH]c1ccc(Cl)cc12. The van der Waals surface area contributed by atoms with E-state index in [9.17, 15) is 0 Å². The molecule has 3 N–H and O–H groups in total. The number of H-pyrrole nitrogens is 2. The minimum absolute atomic E-state index is 0.712. The van der Waals surface area contributed by atoms with E-state index >= 15 is 0 Å². The highest BCUT2D eigenvalue weighted by Crippen LogP contribution is 2.41. The van der Waals surface area contributed by atoms with Crippen molar-refractivity contribution in [3.63, 3.8) is 0 Å². The van der Waals surface area contributed by atoms with E-state index in [-0.39, 0.29) is 0 Å². The third-order valence-electron chi connectivity index (χ3n) is 5.51. The lowest BCUT2D eigenvalue weighted by Gasteiger charge is -2.04. The van der Waals surface area contributed by atoms with Gasteiger partial charge in [-0.2, -0.15) is 0 Å². The van der Waals surface area contributed by atoms with Crippen molar-refractivity contribution in [2.75, 3.05) is 20.2 Å². The molecule has 1 saturated heterocycles. The Morgan fingerprint density at radius 2 is 1.24 bits per heavy atom. The molecule has 0 unspecified atom stereocenters. The average molecular weight is 426 g/mol. The molecule has 6 rings (SSSR count). The molecule has 0 radical (unpaired) electrons. The quantitative estimate of drug-likeness (QED) is 0.281. The fraction of sp³-hybridized carbons (Fsp3) is 0.217. The molecule has 1 fully saturated rings. The second-order valence-electron chi connectivity index (χ2n) is 7.34. The highest BCUT2D eigenvalue weighted by atomic mass is 35.5. The van der Waals surface area contributed by atoms with Crippen LogP contribution in [-0.4, -0.2) is 30.2 Å². The van der Waals surface area contributed by atoms with Gasteiger partial charge >= 0.3 is 0 Å². The summed E-state index contributed by atoms with van der Waals surface area (Å²) < 4.78 is 5.73. The van der Waals surface area contributed by atoms with Crippen LogP contribution < -0.4 is 10.1 Å². The number of halogens is 2. The molecule has 0 atom stereocenters. The normalized spacial score (nSPS) is 14.0. The highest BCUT2D eigenvalue weighted by Gasteiger charge is 2.17. The number of methoxy groups -OCH3 is 1. The van der Waals surface area contributed by atoms with Crippen LogP contribution >= 0.6 is 23.2 Å². The number of aromatic nitrogens is 2. The number of hydrogen-bond donors (Lipinski definition) is 3. The Hall–Kier alpha value is -2.40. The molecule has 6 heteroatoms. The minimum atomic E-state index is 0.712. The van der Waals surface area contributed by atoms with Gasteiger partial charge in [-0.3, -0.25) is 0 Å². The van der Waals surface area contributed by atoms with Crippen molar-refractivity contribution in [3.8, 4) is 5.75 Å². The van der Waals surface area contributed by atoms with Gasteiger partial charge in [-0.05, 0) is 68.4 Å². The van der Waals surface area contributed by atoms with E-state index in [2.05, 4.69) is 21.4 Å². The number of fused-ring (bicyclic) bond motifs is 6. The molecule has 4 nitrogen and oxygen atoms in total. The summed E-state index contributed by atoms with van der Waals surface area (Å²) in [5.74, 6) is 0.794. The van der Waals surface area contributed by atoms with Crippen LogP contribution in [0.3, 0.4) is 0 Å². The summed E-state index contributed by atoms with van der Waals surface area (Å²) in [6.45, 7) is 2.50. The van der Waals surface area contributed by atoms with Crippen molar-refractivity contribution in [2.24, 2.45) is 0 Å². The van der Waals surface area contributed by atoms with Gasteiger partial charge in [0.25, 0.3) is 0 Å². The Morgan fingerprint density at radius 3 is 1.66 bits per heavy atom. The lowest BCUT2D eigenvalue weighted by molar-refractivity contribution is 0.423. The van der Waals surface area contributed by atoms with E-state index in [0.717, 1.165) is 49.4 Å². The number of nitrogens with one attached hydrogen (secondary N) is 3. The third kappa shape index (κ3) is 3.21. The van der Waals surface area contributed by atoms with E-state index < -0.39 is 0 Å². The zero-order valence-electron chi connectivity index (χ0n) is 16.0. The number of hydrogen-bond acceptors (Lipinski definition) is 2. The van der Waals surface area contributed by atoms with Crippen molar-refractivity contribution in [1.29, 1.82) is 0 Å². The van der Waals surface area contributed by atoms with Gasteiger partial charge in [0.05, 0.1) is 18.1 Å². The predicted octanol–water partition coefficient (Wildman–Crippen LogP) is 6.64. The van der Waals surface area contributed by atoms with Crippen molar-refractivity contribution in [2.45, 2.75) is 12.8 Å². The van der Waals surface area contributed by atoms with Gasteiger partial charge in [-0.25, -0.2) is 0 Å². The van der Waals surface area contributed by atoms with E-state index in [1.807, 2.05) is 36.4 Å². The summed E-state index contributed by atoms with van der Waals surface area (Å²) in [7, 11) is 1.69. The molecule has 0 bridgehead atoms. The first-order valence-electron chi connectivity index (χ1n) is 9.75. The second-order valence-corrected chi connectivity index (χ2v) is 8.21. The summed E-state index contributed by atoms with van der Waals surface area (Å²) in [5.41, 5.74) is 3.98. The molecule has 0 saturated carbocycles. The van der Waals surface area contributed by atoms with Crippen LogP contribution in [0.15, 0.2) is 42.5 Å². The number of ether oxygens (including phenoxy) is 1. The fourth-order valence-corrected chi connectivity index (χ4v) is 4.47. The van der Waals surface area contributed by atoms with E-state index in [0.29, 0.717) is 10.0 Å². The fourth-order valence-electron chi connectivity index (χ4n) is 4.13. The van der Waals surface area contributed by atoms with Gasteiger partial charge in [0.15, 0.2) is 5.75 Å². The van der Waals surface area contributed by atoms with Gasteiger partial charge in [-0.1, -0.05) is 23.2 Å². The molecule has 29 heavy (non-hydrogen) atoms. The van der Waals surface area contributed by atoms with Gasteiger partial charge < -0.3 is 20.0 Å². The lowest BCUT2D eigenvalue weighted by atomic mass is 10.1. The second kappa shape index (κ2) is 7.45. The first-order chi connectivity index (χ1) is 14.2. The van der Waals surface area contributed by atoms with Gasteiger partial charge in [0.1, 0.15) is 0 Å². The predicted molar refractivity (Wildman–Crippen MR) is 124 cm³/mol. The molecule has 1 aliphatic rings. The minimum Gasteiger partial charge on any atom is -0.492 e. The molecule has 3 aromatic carbocycles. The smallest absolute Gasteiger partial charge is 0.166 e. The van der Waals surface area contributed by atoms with Crippen LogP contribution in [0, 0.1) is 0 Å². The van der Waals surface area contributed by atoms with Crippen LogP contribution in [0.5, 0.6) is 5.75 Å². The Kier molecular flexibility index (Phi) is 4.78. The number of aromatic amines is 2. The number of benzene rings is 3. The molecule has 0 amide bonds. The van der Waals surface area contributed by atoms with E-state index in [1.54, 1.807) is 7.11 Å². The van der Waals surface area contributed by atoms with Crippen molar-refractivity contribution >= 4 is 66.8 Å². The monoisotopic (exact) mass is 425 g/mol. The zero-order chi connectivity index (χ0) is 20.0. The van der Waals surface area contributed by atoms with Crippen LogP contribution in [0.25, 0.3) is 43.6 Å². The topological polar surface area (TPSA) is 52.8 Å². The molecule has 2 aromatic heterocycles. The highest BCUT2D eigenvalue weighted by molar-refractivity contribution is 6.33. The maximum atomic E-state index is 6.19. The van der Waals surface area contributed by atoms with Crippen LogP contribution in [0.4, 0.5) is 0 Å². The maximum Gasteiger partial charge on any atom is 0.166 e. The summed E-state index contributed by atoms with van der Waals surface area (Å²) in [6.07, 6.45) is 2.78. The Labute approximate surface area is 178 Å². The van der Waals surface area contributed by atoms with E-state index in [4.69, 9.17) is 27.9 Å². The third-order valence-corrected chi connectivity index (χ3v) is 5.98. The largest absolute Gasteiger partial charge is 0.492 e. The van der Waals surface area contributed by atoms with Gasteiger partial charge in [0.2, 0.25) is 0 Å². The first-order valence-corrected chi connectivity index (χ1v) is 10.5. The van der Waals surface area contributed by atoms with Crippen molar-refractivity contribution < 1.29 is 4.74 Å². The summed E-state index contributed by atoms with van der Waals surface area (Å²) >= 11 is 12.4. The standard InChI is InChI=1S/C19H12Cl2N2O.C4H9N/c1-24-19-17-13(11-6-9(20)2-4-15(11)22-17)8-14-12-7-10(21)3-5-16(12)23-18(14)19;1-2-4-5-3-1/h2-8,22-23H,1H3;5H,1-4H2. The average Bonchev–Trinajstić information content (AvgIpc) is 3.46. The molecule has 1 aliphatic heterocycles. The Morgan fingerprint density at radius 1 is 0.724 bits per heavy atom. The molecule has 5 aromatic rings. The summed E-state index contributed by atoms with van der Waals surface area (Å²) in [6, 6.07) is 13.9. The first kappa shape index (κ1) is 18.6. The van der Waals surface area contributed by atoms with Crippen LogP contribution in [-0.2, 0) is 0 Å². The van der Waals surface area contributed by atoms with Crippen LogP contribution in [0.2, 0.25) is 10.0 Å². The molecule has 0 aliphatic carbocycles. The molecule has 3 heterocycles. The molecular weight excluding hydrogens is 405 g/mol. The van der Waals surface area contributed by atoms with Gasteiger partial charge in [0, 0.05) is 42.6 Å². The number of rotatable bonds is 1. The molecule has 0 spiro atoms. The summed E-state index contributed by atoms with van der Waals surface area (Å²) in [5, 5.41) is 8.97. The Bertz CT molecular complexity index is 1250. The van der Waals surface area contributed by atoms with Gasteiger partial charge in [-0.15, -0.1) is 0 Å². The Balaban J connectivity index is 0.000000319. The molecule has 148 valence electrons. The molecular formula is C23H21Cl2N3O. The van der Waals surface area contributed by atoms with Crippen molar-refractivity contribution in [3.05, 3.63) is 52.5 Å². The maximum absolute atomic E-state index is 6.19. The van der Waals surface area contributed by atoms with Crippen molar-refractivity contribution in [1.82, 2.24) is 15.3 Å². The lowest BCUT2D eigenvalue weighted by Crippen LogP contribution is -2.03. The van der Waals surface area contributed by atoms with Crippen LogP contribution in [0.1, 0.15) is 12.8 Å².